The summed E-state index contributed by atoms with van der Waals surface area (Å²) >= 11 is 1.96. The predicted octanol–water partition coefficient (Wildman–Crippen LogP) is 2.72. The fourth-order valence-corrected chi connectivity index (χ4v) is 2.06. The Balaban J connectivity index is 3.28. The molecule has 0 unspecified atom stereocenters. The van der Waals surface area contributed by atoms with Crippen molar-refractivity contribution in [2.75, 3.05) is 0 Å². The van der Waals surface area contributed by atoms with E-state index in [0.717, 1.165) is 0 Å². The summed E-state index contributed by atoms with van der Waals surface area (Å²) in [5.41, 5.74) is 3.65. The maximum absolute atomic E-state index is 12.2. The number of nitrogens with two attached hydrogens (primary N) is 1. The quantitative estimate of drug-likeness (QED) is 0.369. The highest BCUT2D eigenvalue weighted by Crippen LogP contribution is 2.31. The Labute approximate surface area is 131 Å². The molecule has 20 heavy (non-hydrogen) atoms. The highest BCUT2D eigenvalue weighted by atomic mass is 127. The molecule has 110 valence electrons. The second-order valence-corrected chi connectivity index (χ2v) is 6.87. The van der Waals surface area contributed by atoms with Gasteiger partial charge in [-0.3, -0.25) is 10.1 Å². The first-order valence-electron chi connectivity index (χ1n) is 5.92. The molecule has 0 spiro atoms. The number of esters is 1. The van der Waals surface area contributed by atoms with Crippen molar-refractivity contribution < 1.29 is 14.5 Å². The summed E-state index contributed by atoms with van der Waals surface area (Å²) in [6.45, 7) is 6.55. The zero-order valence-corrected chi connectivity index (χ0v) is 13.9. The Morgan fingerprint density at radius 1 is 1.35 bits per heavy atom. The standard InChI is InChI=1S/C13H17IN2O4/c1-12(2,3)20-11(17)13(4,15)9-6-5-8(14)7-10(9)16(18)19/h5-7H,15H2,1-4H3/t13-/m0/s1. The molecule has 7 heteroatoms. The summed E-state index contributed by atoms with van der Waals surface area (Å²) in [5, 5.41) is 11.1. The van der Waals surface area contributed by atoms with Gasteiger partial charge in [-0.25, -0.2) is 4.79 Å². The number of ether oxygens (including phenoxy) is 1. The van der Waals surface area contributed by atoms with Crippen LogP contribution in [0.4, 0.5) is 5.69 Å². The van der Waals surface area contributed by atoms with Crippen molar-refractivity contribution in [3.8, 4) is 0 Å². The van der Waals surface area contributed by atoms with Gasteiger partial charge in [0.1, 0.15) is 11.1 Å². The van der Waals surface area contributed by atoms with Crippen LogP contribution in [0.15, 0.2) is 18.2 Å². The Bertz CT molecular complexity index is 550. The van der Waals surface area contributed by atoms with Crippen LogP contribution in [0.2, 0.25) is 0 Å². The Hall–Kier alpha value is -1.22. The molecule has 0 radical (unpaired) electrons. The summed E-state index contributed by atoms with van der Waals surface area (Å²) in [7, 11) is 0. The number of rotatable bonds is 3. The lowest BCUT2D eigenvalue weighted by atomic mass is 9.91. The third-order valence-corrected chi connectivity index (χ3v) is 3.21. The summed E-state index contributed by atoms with van der Waals surface area (Å²) in [5.74, 6) is -0.700. The third kappa shape index (κ3) is 3.89. The van der Waals surface area contributed by atoms with Gasteiger partial charge < -0.3 is 10.5 Å². The molecule has 0 aliphatic carbocycles. The molecule has 1 atom stereocenters. The topological polar surface area (TPSA) is 95.5 Å². The normalized spacial score (nSPS) is 14.5. The van der Waals surface area contributed by atoms with Gasteiger partial charge in [0, 0.05) is 9.64 Å². The van der Waals surface area contributed by atoms with Crippen molar-refractivity contribution in [1.29, 1.82) is 0 Å². The van der Waals surface area contributed by atoms with Crippen LogP contribution in [-0.4, -0.2) is 16.5 Å². The zero-order chi connectivity index (χ0) is 15.7. The van der Waals surface area contributed by atoms with Crippen molar-refractivity contribution >= 4 is 34.2 Å². The van der Waals surface area contributed by atoms with Crippen LogP contribution in [0.3, 0.4) is 0 Å². The third-order valence-electron chi connectivity index (χ3n) is 2.54. The number of hydrogen-bond acceptors (Lipinski definition) is 5. The first-order valence-corrected chi connectivity index (χ1v) is 7.00. The molecular formula is C13H17IN2O4. The lowest BCUT2D eigenvalue weighted by Gasteiger charge is -2.28. The van der Waals surface area contributed by atoms with Gasteiger partial charge in [0.15, 0.2) is 0 Å². The highest BCUT2D eigenvalue weighted by molar-refractivity contribution is 14.1. The monoisotopic (exact) mass is 392 g/mol. The van der Waals surface area contributed by atoms with Crippen molar-refractivity contribution in [1.82, 2.24) is 0 Å². The minimum Gasteiger partial charge on any atom is -0.458 e. The number of benzene rings is 1. The lowest BCUT2D eigenvalue weighted by Crippen LogP contribution is -2.46. The molecule has 1 aromatic carbocycles. The summed E-state index contributed by atoms with van der Waals surface area (Å²) < 4.78 is 5.93. The Kier molecular flexibility index (Phi) is 4.75. The average molecular weight is 392 g/mol. The molecule has 0 aliphatic rings. The predicted molar refractivity (Wildman–Crippen MR) is 83.2 cm³/mol. The minimum atomic E-state index is -1.58. The smallest absolute Gasteiger partial charge is 0.331 e. The molecule has 0 aromatic heterocycles. The van der Waals surface area contributed by atoms with Gasteiger partial charge in [-0.1, -0.05) is 0 Å². The summed E-state index contributed by atoms with van der Waals surface area (Å²) in [6, 6.07) is 4.54. The molecule has 0 heterocycles. The molecule has 6 nitrogen and oxygen atoms in total. The van der Waals surface area contributed by atoms with Gasteiger partial charge in [-0.2, -0.15) is 0 Å². The first-order chi connectivity index (χ1) is 8.95. The fourth-order valence-electron chi connectivity index (χ4n) is 1.59. The first kappa shape index (κ1) is 16.8. The van der Waals surface area contributed by atoms with E-state index in [1.165, 1.54) is 19.1 Å². The number of nitro benzene ring substituents is 1. The van der Waals surface area contributed by atoms with Gasteiger partial charge in [0.2, 0.25) is 0 Å². The molecule has 0 amide bonds. The van der Waals surface area contributed by atoms with Gasteiger partial charge in [-0.05, 0) is 62.4 Å². The van der Waals surface area contributed by atoms with E-state index in [-0.39, 0.29) is 11.3 Å². The molecule has 0 bridgehead atoms. The number of carbonyl (C=O) groups excluding carboxylic acids is 1. The number of hydrogen-bond donors (Lipinski definition) is 1. The van der Waals surface area contributed by atoms with E-state index in [9.17, 15) is 14.9 Å². The average Bonchev–Trinajstić information content (AvgIpc) is 2.25. The molecule has 1 aromatic rings. The van der Waals surface area contributed by atoms with Crippen LogP contribution in [-0.2, 0) is 15.1 Å². The molecule has 0 saturated heterocycles. The fraction of sp³-hybridized carbons (Fsp3) is 0.462. The highest BCUT2D eigenvalue weighted by Gasteiger charge is 2.39. The largest absolute Gasteiger partial charge is 0.458 e. The van der Waals surface area contributed by atoms with Gasteiger partial charge in [0.05, 0.1) is 10.5 Å². The number of halogens is 1. The van der Waals surface area contributed by atoms with Gasteiger partial charge in [0.25, 0.3) is 5.69 Å². The van der Waals surface area contributed by atoms with Crippen molar-refractivity contribution in [3.05, 3.63) is 37.4 Å². The molecule has 2 N–H and O–H groups in total. The molecule has 1 rings (SSSR count). The van der Waals surface area contributed by atoms with E-state index >= 15 is 0 Å². The van der Waals surface area contributed by atoms with Crippen LogP contribution in [0.1, 0.15) is 33.3 Å². The van der Waals surface area contributed by atoms with Crippen LogP contribution in [0, 0.1) is 13.7 Å². The molecule has 0 fully saturated rings. The second-order valence-electron chi connectivity index (χ2n) is 5.62. The van der Waals surface area contributed by atoms with E-state index in [2.05, 4.69) is 0 Å². The maximum Gasteiger partial charge on any atom is 0.331 e. The number of carbonyl (C=O) groups is 1. The number of nitrogens with zero attached hydrogens (tertiary/aromatic N) is 1. The molecular weight excluding hydrogens is 375 g/mol. The number of nitro groups is 1. The minimum absolute atomic E-state index is 0.136. The zero-order valence-electron chi connectivity index (χ0n) is 11.8. The van der Waals surface area contributed by atoms with E-state index < -0.39 is 22.0 Å². The maximum atomic E-state index is 12.2. The lowest BCUT2D eigenvalue weighted by molar-refractivity contribution is -0.386. The Morgan fingerprint density at radius 3 is 2.35 bits per heavy atom. The van der Waals surface area contributed by atoms with Crippen LogP contribution in [0.5, 0.6) is 0 Å². The Morgan fingerprint density at radius 2 is 1.90 bits per heavy atom. The van der Waals surface area contributed by atoms with E-state index in [4.69, 9.17) is 10.5 Å². The molecule has 0 aliphatic heterocycles. The van der Waals surface area contributed by atoms with E-state index in [1.54, 1.807) is 26.8 Å². The SMILES string of the molecule is CC(C)(C)OC(=O)[C@@](C)(N)c1ccc(I)cc1[N+](=O)[O-]. The van der Waals surface area contributed by atoms with Crippen molar-refractivity contribution in [3.63, 3.8) is 0 Å². The summed E-state index contributed by atoms with van der Waals surface area (Å²) in [4.78, 5) is 22.7. The van der Waals surface area contributed by atoms with Crippen LogP contribution < -0.4 is 5.73 Å². The van der Waals surface area contributed by atoms with Gasteiger partial charge >= 0.3 is 5.97 Å². The van der Waals surface area contributed by atoms with Crippen molar-refractivity contribution in [2.45, 2.75) is 38.8 Å². The van der Waals surface area contributed by atoms with Crippen molar-refractivity contribution in [2.24, 2.45) is 5.73 Å². The van der Waals surface area contributed by atoms with E-state index in [0.29, 0.717) is 3.57 Å². The van der Waals surface area contributed by atoms with Gasteiger partial charge in [-0.15, -0.1) is 0 Å². The second kappa shape index (κ2) is 5.65. The van der Waals surface area contributed by atoms with E-state index in [1.807, 2.05) is 22.6 Å². The molecule has 0 saturated carbocycles. The van der Waals surface area contributed by atoms with Crippen LogP contribution in [0.25, 0.3) is 0 Å². The summed E-state index contributed by atoms with van der Waals surface area (Å²) in [6.07, 6.45) is 0. The van der Waals surface area contributed by atoms with Crippen LogP contribution >= 0.6 is 22.6 Å².